The zero-order valence-electron chi connectivity index (χ0n) is 6.06. The van der Waals surface area contributed by atoms with E-state index in [9.17, 15) is 4.79 Å². The predicted molar refractivity (Wildman–Crippen MR) is 39.0 cm³/mol. The molecule has 1 unspecified atom stereocenters. The van der Waals surface area contributed by atoms with Crippen LogP contribution in [-0.2, 0) is 4.79 Å². The second kappa shape index (κ2) is 2.61. The van der Waals surface area contributed by atoms with Crippen molar-refractivity contribution in [1.29, 1.82) is 0 Å². The summed E-state index contributed by atoms with van der Waals surface area (Å²) in [6.07, 6.45) is 1.47. The number of carbonyl (C=O) groups is 1. The van der Waals surface area contributed by atoms with Crippen LogP contribution in [0.1, 0.15) is 13.0 Å². The van der Waals surface area contributed by atoms with Gasteiger partial charge >= 0.3 is 5.97 Å². The molecule has 1 rings (SSSR count). The fourth-order valence-electron chi connectivity index (χ4n) is 0.753. The number of nitrogen functional groups attached to an aromatic ring is 1. The Bertz CT molecular complexity index is 269. The highest BCUT2D eigenvalue weighted by Gasteiger charge is 2.14. The summed E-state index contributed by atoms with van der Waals surface area (Å²) in [5, 5.41) is 12.3. The summed E-state index contributed by atoms with van der Waals surface area (Å²) in [6.45, 7) is 1.52. The van der Waals surface area contributed by atoms with Crippen molar-refractivity contribution in [3.63, 3.8) is 0 Å². The van der Waals surface area contributed by atoms with E-state index >= 15 is 0 Å². The first-order valence-electron chi connectivity index (χ1n) is 3.14. The quantitative estimate of drug-likeness (QED) is 0.635. The number of aliphatic carboxylic acids is 1. The van der Waals surface area contributed by atoms with E-state index in [0.29, 0.717) is 5.82 Å². The molecule has 5 heteroatoms. The van der Waals surface area contributed by atoms with E-state index in [-0.39, 0.29) is 0 Å². The fourth-order valence-corrected chi connectivity index (χ4v) is 0.753. The molecule has 0 spiro atoms. The van der Waals surface area contributed by atoms with Gasteiger partial charge in [-0.05, 0) is 13.0 Å². The van der Waals surface area contributed by atoms with Gasteiger partial charge in [-0.15, -0.1) is 0 Å². The maximum atomic E-state index is 10.4. The molecule has 0 saturated carbocycles. The molecule has 1 aromatic heterocycles. The van der Waals surface area contributed by atoms with Crippen LogP contribution < -0.4 is 5.73 Å². The Morgan fingerprint density at radius 3 is 2.91 bits per heavy atom. The molecular formula is C6H9N3O2. The summed E-state index contributed by atoms with van der Waals surface area (Å²) in [6, 6.07) is 0.851. The summed E-state index contributed by atoms with van der Waals surface area (Å²) in [4.78, 5) is 10.4. The number of carboxylic acid groups (broad SMARTS) is 1. The standard InChI is InChI=1S/C6H9N3O2/c1-4(6(10)11)9-5(7)2-3-8-9/h2-4H,7H2,1H3,(H,10,11). The maximum absolute atomic E-state index is 10.4. The minimum atomic E-state index is -0.944. The van der Waals surface area contributed by atoms with Crippen LogP contribution >= 0.6 is 0 Å². The molecule has 0 aliphatic carbocycles. The number of nitrogens with two attached hydrogens (primary N) is 1. The van der Waals surface area contributed by atoms with Gasteiger partial charge in [0.15, 0.2) is 0 Å². The highest BCUT2D eigenvalue weighted by atomic mass is 16.4. The molecule has 0 radical (unpaired) electrons. The molecule has 0 amide bonds. The Morgan fingerprint density at radius 1 is 1.91 bits per heavy atom. The highest BCUT2D eigenvalue weighted by molar-refractivity contribution is 5.71. The van der Waals surface area contributed by atoms with Crippen LogP contribution in [0.3, 0.4) is 0 Å². The van der Waals surface area contributed by atoms with Crippen molar-refractivity contribution in [1.82, 2.24) is 9.78 Å². The lowest BCUT2D eigenvalue weighted by atomic mass is 10.3. The molecule has 0 aliphatic rings. The number of rotatable bonds is 2. The maximum Gasteiger partial charge on any atom is 0.328 e. The second-order valence-electron chi connectivity index (χ2n) is 2.21. The van der Waals surface area contributed by atoms with E-state index in [1.54, 1.807) is 6.07 Å². The van der Waals surface area contributed by atoms with Crippen LogP contribution in [0.25, 0.3) is 0 Å². The molecule has 0 fully saturated rings. The van der Waals surface area contributed by atoms with Crippen molar-refractivity contribution in [2.24, 2.45) is 0 Å². The average molecular weight is 155 g/mol. The summed E-state index contributed by atoms with van der Waals surface area (Å²) >= 11 is 0. The Morgan fingerprint density at radius 2 is 2.55 bits per heavy atom. The molecule has 0 aromatic carbocycles. The highest BCUT2D eigenvalue weighted by Crippen LogP contribution is 2.09. The molecule has 0 saturated heterocycles. The van der Waals surface area contributed by atoms with E-state index in [2.05, 4.69) is 5.10 Å². The molecule has 0 aliphatic heterocycles. The molecule has 0 bridgehead atoms. The van der Waals surface area contributed by atoms with E-state index in [1.165, 1.54) is 17.8 Å². The molecule has 60 valence electrons. The van der Waals surface area contributed by atoms with E-state index in [4.69, 9.17) is 10.8 Å². The van der Waals surface area contributed by atoms with E-state index in [1.807, 2.05) is 0 Å². The Labute approximate surface area is 63.4 Å². The average Bonchev–Trinajstić information content (AvgIpc) is 2.33. The fraction of sp³-hybridized carbons (Fsp3) is 0.333. The zero-order valence-corrected chi connectivity index (χ0v) is 6.06. The Balaban J connectivity index is 2.92. The molecule has 1 aromatic rings. The van der Waals surface area contributed by atoms with Gasteiger partial charge in [0, 0.05) is 0 Å². The van der Waals surface area contributed by atoms with Crippen LogP contribution in [0.5, 0.6) is 0 Å². The minimum absolute atomic E-state index is 0.361. The second-order valence-corrected chi connectivity index (χ2v) is 2.21. The lowest BCUT2D eigenvalue weighted by Gasteiger charge is -2.07. The molecular weight excluding hydrogens is 146 g/mol. The van der Waals surface area contributed by atoms with Gasteiger partial charge in [0.1, 0.15) is 11.9 Å². The van der Waals surface area contributed by atoms with Crippen LogP contribution in [0.15, 0.2) is 12.3 Å². The van der Waals surface area contributed by atoms with Gasteiger partial charge in [0.05, 0.1) is 6.20 Å². The summed E-state index contributed by atoms with van der Waals surface area (Å²) in [5.74, 6) is -0.583. The molecule has 5 nitrogen and oxygen atoms in total. The SMILES string of the molecule is CC(C(=O)O)n1nccc1N. The topological polar surface area (TPSA) is 81.1 Å². The van der Waals surface area contributed by atoms with Crippen molar-refractivity contribution in [3.8, 4) is 0 Å². The summed E-state index contributed by atoms with van der Waals surface area (Å²) in [5.41, 5.74) is 5.42. The monoisotopic (exact) mass is 155 g/mol. The van der Waals surface area contributed by atoms with Crippen molar-refractivity contribution in [2.75, 3.05) is 5.73 Å². The van der Waals surface area contributed by atoms with Crippen LogP contribution in [0.2, 0.25) is 0 Å². The van der Waals surface area contributed by atoms with Crippen molar-refractivity contribution in [3.05, 3.63) is 12.3 Å². The van der Waals surface area contributed by atoms with Gasteiger partial charge in [-0.2, -0.15) is 5.10 Å². The van der Waals surface area contributed by atoms with Crippen LogP contribution in [-0.4, -0.2) is 20.9 Å². The molecule has 1 atom stereocenters. The van der Waals surface area contributed by atoms with Crippen molar-refractivity contribution < 1.29 is 9.90 Å². The van der Waals surface area contributed by atoms with Crippen LogP contribution in [0, 0.1) is 0 Å². The molecule has 1 heterocycles. The normalized spacial score (nSPS) is 12.8. The van der Waals surface area contributed by atoms with Gasteiger partial charge < -0.3 is 10.8 Å². The largest absolute Gasteiger partial charge is 0.480 e. The molecule has 11 heavy (non-hydrogen) atoms. The Hall–Kier alpha value is -1.52. The van der Waals surface area contributed by atoms with Crippen molar-refractivity contribution >= 4 is 11.8 Å². The zero-order chi connectivity index (χ0) is 8.43. The lowest BCUT2D eigenvalue weighted by Crippen LogP contribution is -2.18. The van der Waals surface area contributed by atoms with Gasteiger partial charge in [-0.25, -0.2) is 9.48 Å². The third kappa shape index (κ3) is 1.31. The number of nitrogens with zero attached hydrogens (tertiary/aromatic N) is 2. The summed E-state index contributed by atoms with van der Waals surface area (Å²) in [7, 11) is 0. The molecule has 3 N–H and O–H groups in total. The van der Waals surface area contributed by atoms with Gasteiger partial charge in [0.25, 0.3) is 0 Å². The summed E-state index contributed by atoms with van der Waals surface area (Å²) < 4.78 is 1.25. The van der Waals surface area contributed by atoms with E-state index < -0.39 is 12.0 Å². The minimum Gasteiger partial charge on any atom is -0.480 e. The Kier molecular flexibility index (Phi) is 1.80. The number of aromatic nitrogens is 2. The first-order valence-corrected chi connectivity index (χ1v) is 3.14. The van der Waals surface area contributed by atoms with Crippen LogP contribution in [0.4, 0.5) is 5.82 Å². The van der Waals surface area contributed by atoms with Gasteiger partial charge in [-0.3, -0.25) is 0 Å². The third-order valence-corrected chi connectivity index (χ3v) is 1.43. The predicted octanol–water partition coefficient (Wildman–Crippen LogP) is 0.111. The number of carboxylic acids is 1. The number of anilines is 1. The van der Waals surface area contributed by atoms with Crippen molar-refractivity contribution in [2.45, 2.75) is 13.0 Å². The first-order chi connectivity index (χ1) is 5.13. The lowest BCUT2D eigenvalue weighted by molar-refractivity contribution is -0.140. The first kappa shape index (κ1) is 7.59. The van der Waals surface area contributed by atoms with Gasteiger partial charge in [-0.1, -0.05) is 0 Å². The number of hydrogen-bond acceptors (Lipinski definition) is 3. The van der Waals surface area contributed by atoms with E-state index in [0.717, 1.165) is 0 Å². The smallest absolute Gasteiger partial charge is 0.328 e. The third-order valence-electron chi connectivity index (χ3n) is 1.43. The van der Waals surface area contributed by atoms with Gasteiger partial charge in [0.2, 0.25) is 0 Å². The number of hydrogen-bond donors (Lipinski definition) is 2.